The van der Waals surface area contributed by atoms with E-state index in [1.54, 1.807) is 29.2 Å². The number of amides is 2. The van der Waals surface area contributed by atoms with Gasteiger partial charge in [-0.15, -0.1) is 0 Å². The molecule has 0 aliphatic carbocycles. The first-order chi connectivity index (χ1) is 12.1. The molecule has 2 aliphatic heterocycles. The van der Waals surface area contributed by atoms with E-state index in [4.69, 9.17) is 4.74 Å². The zero-order valence-electron chi connectivity index (χ0n) is 14.0. The molecule has 2 amide bonds. The van der Waals surface area contributed by atoms with Crippen LogP contribution in [0.4, 0.5) is 17.1 Å². The molecular formula is C19H19N3O3. The highest BCUT2D eigenvalue weighted by Gasteiger charge is 2.31. The van der Waals surface area contributed by atoms with Crippen LogP contribution in [0.25, 0.3) is 0 Å². The van der Waals surface area contributed by atoms with Gasteiger partial charge in [-0.2, -0.15) is 0 Å². The Morgan fingerprint density at radius 2 is 1.92 bits per heavy atom. The Labute approximate surface area is 146 Å². The Hall–Kier alpha value is -3.02. The van der Waals surface area contributed by atoms with Crippen molar-refractivity contribution in [1.29, 1.82) is 0 Å². The van der Waals surface area contributed by atoms with Crippen LogP contribution in [-0.4, -0.2) is 38.1 Å². The molecule has 2 aromatic carbocycles. The molecule has 2 aliphatic rings. The van der Waals surface area contributed by atoms with Gasteiger partial charge in [0.1, 0.15) is 18.0 Å². The van der Waals surface area contributed by atoms with Gasteiger partial charge in [-0.25, -0.2) is 0 Å². The summed E-state index contributed by atoms with van der Waals surface area (Å²) >= 11 is 0. The highest BCUT2D eigenvalue weighted by Crippen LogP contribution is 2.43. The van der Waals surface area contributed by atoms with Crippen molar-refractivity contribution in [3.8, 4) is 5.75 Å². The fourth-order valence-corrected chi connectivity index (χ4v) is 3.41. The lowest BCUT2D eigenvalue weighted by Crippen LogP contribution is -2.47. The molecule has 0 bridgehead atoms. The number of benzene rings is 2. The van der Waals surface area contributed by atoms with Gasteiger partial charge in [-0.05, 0) is 30.3 Å². The summed E-state index contributed by atoms with van der Waals surface area (Å²) < 4.78 is 5.74. The number of ether oxygens (including phenoxy) is 1. The van der Waals surface area contributed by atoms with Crippen LogP contribution in [0.15, 0.2) is 42.5 Å². The molecule has 6 nitrogen and oxygen atoms in total. The third-order valence-electron chi connectivity index (χ3n) is 4.47. The number of hydrogen-bond acceptors (Lipinski definition) is 4. The van der Waals surface area contributed by atoms with Gasteiger partial charge in [0, 0.05) is 31.3 Å². The molecular weight excluding hydrogens is 318 g/mol. The van der Waals surface area contributed by atoms with Crippen LogP contribution in [0.3, 0.4) is 0 Å². The minimum atomic E-state index is -0.160. The van der Waals surface area contributed by atoms with Crippen molar-refractivity contribution in [2.45, 2.75) is 6.92 Å². The second kappa shape index (κ2) is 6.12. The Morgan fingerprint density at radius 1 is 1.08 bits per heavy atom. The van der Waals surface area contributed by atoms with Gasteiger partial charge in [-0.3, -0.25) is 9.59 Å². The summed E-state index contributed by atoms with van der Waals surface area (Å²) in [5, 5.41) is 2.72. The van der Waals surface area contributed by atoms with Gasteiger partial charge >= 0.3 is 0 Å². The van der Waals surface area contributed by atoms with E-state index in [0.717, 1.165) is 30.2 Å². The van der Waals surface area contributed by atoms with Gasteiger partial charge < -0.3 is 19.9 Å². The number of nitrogens with zero attached hydrogens (tertiary/aromatic N) is 2. The summed E-state index contributed by atoms with van der Waals surface area (Å²) in [4.78, 5) is 28.4. The van der Waals surface area contributed by atoms with Crippen LogP contribution < -0.4 is 19.9 Å². The molecule has 2 aromatic rings. The highest BCUT2D eigenvalue weighted by atomic mass is 16.5. The monoisotopic (exact) mass is 337 g/mol. The van der Waals surface area contributed by atoms with E-state index in [1.165, 1.54) is 6.92 Å². The largest absolute Gasteiger partial charge is 0.489 e. The van der Waals surface area contributed by atoms with Gasteiger partial charge in [0.25, 0.3) is 5.91 Å². The van der Waals surface area contributed by atoms with Crippen LogP contribution >= 0.6 is 0 Å². The Morgan fingerprint density at radius 3 is 2.76 bits per heavy atom. The molecule has 128 valence electrons. The highest BCUT2D eigenvalue weighted by molar-refractivity contribution is 6.09. The average Bonchev–Trinajstić information content (AvgIpc) is 2.62. The molecule has 0 fully saturated rings. The van der Waals surface area contributed by atoms with E-state index in [2.05, 4.69) is 10.2 Å². The third kappa shape index (κ3) is 2.80. The lowest BCUT2D eigenvalue weighted by molar-refractivity contribution is -0.114. The summed E-state index contributed by atoms with van der Waals surface area (Å²) in [6.45, 7) is 4.36. The van der Waals surface area contributed by atoms with Crippen molar-refractivity contribution in [2.75, 3.05) is 41.4 Å². The molecule has 2 heterocycles. The maximum absolute atomic E-state index is 13.1. The van der Waals surface area contributed by atoms with E-state index in [1.807, 2.05) is 18.2 Å². The quantitative estimate of drug-likeness (QED) is 0.915. The second-order valence-electron chi connectivity index (χ2n) is 6.18. The summed E-state index contributed by atoms with van der Waals surface area (Å²) in [5.74, 6) is 0.589. The molecule has 0 saturated heterocycles. The predicted octanol–water partition coefficient (Wildman–Crippen LogP) is 2.50. The number of rotatable bonds is 2. The zero-order chi connectivity index (χ0) is 17.4. The molecule has 6 heteroatoms. The molecule has 0 radical (unpaired) electrons. The van der Waals surface area contributed by atoms with E-state index in [0.29, 0.717) is 24.4 Å². The third-order valence-corrected chi connectivity index (χ3v) is 4.47. The van der Waals surface area contributed by atoms with E-state index < -0.39 is 0 Å². The molecule has 0 unspecified atom stereocenters. The van der Waals surface area contributed by atoms with Crippen LogP contribution in [0.5, 0.6) is 5.75 Å². The van der Waals surface area contributed by atoms with Crippen molar-refractivity contribution in [1.82, 2.24) is 0 Å². The molecule has 0 atom stereocenters. The van der Waals surface area contributed by atoms with Crippen molar-refractivity contribution < 1.29 is 14.3 Å². The summed E-state index contributed by atoms with van der Waals surface area (Å²) in [7, 11) is 0. The standard InChI is InChI=1S/C19H19N3O3/c1-13(23)20-15-5-2-4-14(12-15)19(24)22-9-8-21-10-11-25-17-7-3-6-16(22)18(17)21/h2-7,12H,8-11H2,1H3,(H,20,23). The van der Waals surface area contributed by atoms with E-state index >= 15 is 0 Å². The smallest absolute Gasteiger partial charge is 0.258 e. The second-order valence-corrected chi connectivity index (χ2v) is 6.18. The van der Waals surface area contributed by atoms with Gasteiger partial charge in [0.05, 0.1) is 12.2 Å². The maximum Gasteiger partial charge on any atom is 0.258 e. The molecule has 0 saturated carbocycles. The summed E-state index contributed by atoms with van der Waals surface area (Å²) in [6, 6.07) is 12.8. The molecule has 0 spiro atoms. The number of carbonyl (C=O) groups excluding carboxylic acids is 2. The van der Waals surface area contributed by atoms with Crippen molar-refractivity contribution in [2.24, 2.45) is 0 Å². The van der Waals surface area contributed by atoms with Crippen LogP contribution in [0.1, 0.15) is 17.3 Å². The van der Waals surface area contributed by atoms with Gasteiger partial charge in [0.2, 0.25) is 5.91 Å². The van der Waals surface area contributed by atoms with Crippen LogP contribution in [0, 0.1) is 0 Å². The normalized spacial score (nSPS) is 15.2. The minimum Gasteiger partial charge on any atom is -0.489 e. The number of anilines is 3. The topological polar surface area (TPSA) is 61.9 Å². The van der Waals surface area contributed by atoms with Crippen molar-refractivity contribution in [3.63, 3.8) is 0 Å². The molecule has 4 rings (SSSR count). The number of carbonyl (C=O) groups is 2. The first-order valence-corrected chi connectivity index (χ1v) is 8.34. The summed E-state index contributed by atoms with van der Waals surface area (Å²) in [5.41, 5.74) is 3.04. The fraction of sp³-hybridized carbons (Fsp3) is 0.263. The summed E-state index contributed by atoms with van der Waals surface area (Å²) in [6.07, 6.45) is 0. The van der Waals surface area contributed by atoms with Gasteiger partial charge in [-0.1, -0.05) is 12.1 Å². The Balaban J connectivity index is 1.69. The van der Waals surface area contributed by atoms with Crippen LogP contribution in [0.2, 0.25) is 0 Å². The molecule has 25 heavy (non-hydrogen) atoms. The molecule has 1 N–H and O–H groups in total. The molecule has 0 aromatic heterocycles. The van der Waals surface area contributed by atoms with E-state index in [-0.39, 0.29) is 11.8 Å². The Bertz CT molecular complexity index is 850. The zero-order valence-corrected chi connectivity index (χ0v) is 14.0. The predicted molar refractivity (Wildman–Crippen MR) is 96.6 cm³/mol. The van der Waals surface area contributed by atoms with Crippen molar-refractivity contribution >= 4 is 28.9 Å². The van der Waals surface area contributed by atoms with E-state index in [9.17, 15) is 9.59 Å². The SMILES string of the molecule is CC(=O)Nc1cccc(C(=O)N2CCN3CCOc4cccc2c43)c1. The Kier molecular flexibility index (Phi) is 3.80. The number of nitrogens with one attached hydrogen (secondary N) is 1. The van der Waals surface area contributed by atoms with Gasteiger partial charge in [0.15, 0.2) is 0 Å². The average molecular weight is 337 g/mol. The first kappa shape index (κ1) is 15.5. The number of para-hydroxylation sites is 1. The fourth-order valence-electron chi connectivity index (χ4n) is 3.41. The first-order valence-electron chi connectivity index (χ1n) is 8.34. The lowest BCUT2D eigenvalue weighted by Gasteiger charge is -2.41. The van der Waals surface area contributed by atoms with Crippen molar-refractivity contribution in [3.05, 3.63) is 48.0 Å². The number of hydrogen-bond donors (Lipinski definition) is 1. The minimum absolute atomic E-state index is 0.0779. The maximum atomic E-state index is 13.1. The lowest BCUT2D eigenvalue weighted by atomic mass is 10.1. The van der Waals surface area contributed by atoms with Crippen LogP contribution in [-0.2, 0) is 4.79 Å².